The number of pyridine rings is 1. The molecule has 0 saturated heterocycles. The highest BCUT2D eigenvalue weighted by atomic mass is 35.5. The maximum Gasteiger partial charge on any atom is 0.119 e. The van der Waals surface area contributed by atoms with Crippen LogP contribution >= 0.6 is 11.6 Å². The summed E-state index contributed by atoms with van der Waals surface area (Å²) in [6.45, 7) is 1.26. The molecule has 3 heterocycles. The molecule has 5 nitrogen and oxygen atoms in total. The number of aromatic nitrogens is 2. The van der Waals surface area contributed by atoms with Gasteiger partial charge >= 0.3 is 0 Å². The van der Waals surface area contributed by atoms with Gasteiger partial charge in [0.2, 0.25) is 0 Å². The smallest absolute Gasteiger partial charge is 0.119 e. The number of amidine groups is 1. The largest absolute Gasteiger partial charge is 0.386 e. The molecule has 2 aromatic carbocycles. The zero-order valence-electron chi connectivity index (χ0n) is 17.2. The molecule has 4 aromatic rings. The lowest BCUT2D eigenvalue weighted by Crippen LogP contribution is -2.36. The van der Waals surface area contributed by atoms with Gasteiger partial charge in [-0.25, -0.2) is 4.99 Å². The van der Waals surface area contributed by atoms with Crippen LogP contribution in [0.2, 0.25) is 5.02 Å². The third-order valence-corrected chi connectivity index (χ3v) is 5.68. The lowest BCUT2D eigenvalue weighted by atomic mass is 10.00. The molecule has 0 spiro atoms. The van der Waals surface area contributed by atoms with E-state index in [1.54, 1.807) is 6.20 Å². The first-order valence-corrected chi connectivity index (χ1v) is 10.5. The van der Waals surface area contributed by atoms with Crippen molar-refractivity contribution < 1.29 is 0 Å². The SMILES string of the molecule is Cn1ccc(CN2CC(N)=NC(c3ccccc3)=C2c2cc(Cl)c3ncccc3c2)c1. The highest BCUT2D eigenvalue weighted by Crippen LogP contribution is 2.37. The van der Waals surface area contributed by atoms with Gasteiger partial charge in [0.15, 0.2) is 0 Å². The monoisotopic (exact) mass is 427 g/mol. The van der Waals surface area contributed by atoms with Crippen LogP contribution in [-0.2, 0) is 13.6 Å². The standard InChI is InChI=1S/C25H22ClN5/c1-30-11-9-17(14-30)15-31-16-22(27)29-24(18-6-3-2-4-7-18)25(31)20-12-19-8-5-10-28-23(19)21(26)13-20/h2-14H,15-16H2,1H3,(H2,27,29). The van der Waals surface area contributed by atoms with Crippen molar-refractivity contribution in [2.75, 3.05) is 6.54 Å². The van der Waals surface area contributed by atoms with Gasteiger partial charge in [0.25, 0.3) is 0 Å². The van der Waals surface area contributed by atoms with Crippen LogP contribution in [0.15, 0.2) is 84.2 Å². The normalized spacial score (nSPS) is 14.3. The molecule has 2 N–H and O–H groups in total. The number of halogens is 1. The Balaban J connectivity index is 1.73. The van der Waals surface area contributed by atoms with Crippen LogP contribution in [-0.4, -0.2) is 26.8 Å². The average molecular weight is 428 g/mol. The van der Waals surface area contributed by atoms with Crippen molar-refractivity contribution >= 4 is 39.7 Å². The Kier molecular flexibility index (Phi) is 4.96. The molecule has 0 atom stereocenters. The van der Waals surface area contributed by atoms with E-state index in [0.717, 1.165) is 33.4 Å². The topological polar surface area (TPSA) is 59.4 Å². The van der Waals surface area contributed by atoms with Gasteiger partial charge in [0.1, 0.15) is 5.84 Å². The zero-order valence-corrected chi connectivity index (χ0v) is 17.9. The van der Waals surface area contributed by atoms with E-state index < -0.39 is 0 Å². The van der Waals surface area contributed by atoms with E-state index in [9.17, 15) is 0 Å². The minimum Gasteiger partial charge on any atom is -0.386 e. The molecule has 6 heteroatoms. The molecule has 0 saturated carbocycles. The molecular formula is C25H22ClN5. The van der Waals surface area contributed by atoms with Crippen LogP contribution in [0, 0.1) is 0 Å². The van der Waals surface area contributed by atoms with Gasteiger partial charge in [-0.2, -0.15) is 0 Å². The van der Waals surface area contributed by atoms with E-state index in [1.807, 2.05) is 43.4 Å². The average Bonchev–Trinajstić information content (AvgIpc) is 3.18. The quantitative estimate of drug-likeness (QED) is 0.502. The van der Waals surface area contributed by atoms with Crippen LogP contribution in [0.3, 0.4) is 0 Å². The second-order valence-corrected chi connectivity index (χ2v) is 8.15. The number of hydrogen-bond donors (Lipinski definition) is 1. The summed E-state index contributed by atoms with van der Waals surface area (Å²) >= 11 is 6.65. The number of nitrogens with zero attached hydrogens (tertiary/aromatic N) is 4. The van der Waals surface area contributed by atoms with Crippen LogP contribution < -0.4 is 5.73 Å². The van der Waals surface area contributed by atoms with Crippen molar-refractivity contribution in [3.05, 3.63) is 101 Å². The zero-order chi connectivity index (χ0) is 21.4. The van der Waals surface area contributed by atoms with Gasteiger partial charge in [-0.1, -0.05) is 48.0 Å². The lowest BCUT2D eigenvalue weighted by molar-refractivity contribution is 0.439. The Labute approximate surface area is 186 Å². The Morgan fingerprint density at radius 1 is 1.03 bits per heavy atom. The van der Waals surface area contributed by atoms with Crippen LogP contribution in [0.4, 0.5) is 0 Å². The van der Waals surface area contributed by atoms with E-state index in [4.69, 9.17) is 22.3 Å². The van der Waals surface area contributed by atoms with Crippen molar-refractivity contribution in [2.24, 2.45) is 17.8 Å². The van der Waals surface area contributed by atoms with E-state index in [-0.39, 0.29) is 0 Å². The molecule has 1 aliphatic heterocycles. The minimum absolute atomic E-state index is 0.545. The molecule has 0 aliphatic carbocycles. The Morgan fingerprint density at radius 2 is 1.87 bits per heavy atom. The van der Waals surface area contributed by atoms with Crippen molar-refractivity contribution in [1.82, 2.24) is 14.5 Å². The number of rotatable bonds is 4. The first-order chi connectivity index (χ1) is 15.1. The summed E-state index contributed by atoms with van der Waals surface area (Å²) in [6.07, 6.45) is 5.94. The molecule has 1 aliphatic rings. The van der Waals surface area contributed by atoms with Crippen molar-refractivity contribution in [3.8, 4) is 0 Å². The van der Waals surface area contributed by atoms with Gasteiger partial charge in [0.05, 0.1) is 28.5 Å². The molecule has 0 radical (unpaired) electrons. The minimum atomic E-state index is 0.545. The predicted octanol–water partition coefficient (Wildman–Crippen LogP) is 4.93. The molecule has 2 aromatic heterocycles. The fraction of sp³-hybridized carbons (Fsp3) is 0.120. The number of hydrogen-bond acceptors (Lipinski definition) is 4. The van der Waals surface area contributed by atoms with Gasteiger partial charge < -0.3 is 15.2 Å². The molecule has 0 bridgehead atoms. The number of nitrogens with two attached hydrogens (primary N) is 1. The highest BCUT2D eigenvalue weighted by Gasteiger charge is 2.25. The fourth-order valence-electron chi connectivity index (χ4n) is 4.07. The highest BCUT2D eigenvalue weighted by molar-refractivity contribution is 6.35. The van der Waals surface area contributed by atoms with Crippen molar-refractivity contribution in [2.45, 2.75) is 6.54 Å². The summed E-state index contributed by atoms with van der Waals surface area (Å²) in [4.78, 5) is 11.5. The maximum atomic E-state index is 6.65. The van der Waals surface area contributed by atoms with Crippen LogP contribution in [0.5, 0.6) is 0 Å². The molecule has 154 valence electrons. The number of fused-ring (bicyclic) bond motifs is 1. The molecular weight excluding hydrogens is 406 g/mol. The van der Waals surface area contributed by atoms with Gasteiger partial charge in [-0.15, -0.1) is 0 Å². The molecule has 0 unspecified atom stereocenters. The fourth-order valence-corrected chi connectivity index (χ4v) is 4.34. The second kappa shape index (κ2) is 7.93. The summed E-state index contributed by atoms with van der Waals surface area (Å²) < 4.78 is 2.05. The lowest BCUT2D eigenvalue weighted by Gasteiger charge is -2.32. The first-order valence-electron chi connectivity index (χ1n) is 10.1. The van der Waals surface area contributed by atoms with Gasteiger partial charge in [-0.05, 0) is 29.8 Å². The summed E-state index contributed by atoms with van der Waals surface area (Å²) in [5, 5.41) is 1.61. The van der Waals surface area contributed by atoms with Crippen LogP contribution in [0.1, 0.15) is 16.7 Å². The number of benzene rings is 2. The van der Waals surface area contributed by atoms with E-state index in [1.165, 1.54) is 5.56 Å². The van der Waals surface area contributed by atoms with Gasteiger partial charge in [0, 0.05) is 48.7 Å². The number of aryl methyl sites for hydroxylation is 1. The third-order valence-electron chi connectivity index (χ3n) is 5.39. The predicted molar refractivity (Wildman–Crippen MR) is 127 cm³/mol. The Morgan fingerprint density at radius 3 is 2.65 bits per heavy atom. The molecule has 31 heavy (non-hydrogen) atoms. The summed E-state index contributed by atoms with van der Waals surface area (Å²) in [5.74, 6) is 0.590. The first kappa shape index (κ1) is 19.4. The van der Waals surface area contributed by atoms with E-state index in [0.29, 0.717) is 23.9 Å². The molecule has 0 amide bonds. The summed E-state index contributed by atoms with van der Waals surface area (Å²) in [5.41, 5.74) is 12.2. The molecule has 0 fully saturated rings. The molecule has 5 rings (SSSR count). The summed E-state index contributed by atoms with van der Waals surface area (Å²) in [7, 11) is 2.03. The Hall–Kier alpha value is -3.57. The third kappa shape index (κ3) is 3.80. The van der Waals surface area contributed by atoms with Gasteiger partial charge in [-0.3, -0.25) is 4.98 Å². The number of aliphatic imine (C=N–C) groups is 1. The van der Waals surface area contributed by atoms with Crippen LogP contribution in [0.25, 0.3) is 22.3 Å². The van der Waals surface area contributed by atoms with E-state index >= 15 is 0 Å². The maximum absolute atomic E-state index is 6.65. The van der Waals surface area contributed by atoms with Crippen molar-refractivity contribution in [1.29, 1.82) is 0 Å². The van der Waals surface area contributed by atoms with Crippen molar-refractivity contribution in [3.63, 3.8) is 0 Å². The second-order valence-electron chi connectivity index (χ2n) is 7.74. The summed E-state index contributed by atoms with van der Waals surface area (Å²) in [6, 6.07) is 20.3. The Bertz CT molecular complexity index is 1320. The van der Waals surface area contributed by atoms with E-state index in [2.05, 4.69) is 51.1 Å².